The molecule has 0 bridgehead atoms. The standard InChI is InChI=1S/C37H21N3S/c1-2-12-33-29(7-1)35-28-16-18-30(39-32(28)19-20-34(35)41-33)26-10-3-9-25-24(26)8-4-11-27(25)31-17-15-23-14-13-22-6-5-21-38-36(22)37(23)40-31/h1-21H. The van der Waals surface area contributed by atoms with Crippen molar-refractivity contribution in [1.29, 1.82) is 0 Å². The van der Waals surface area contributed by atoms with Gasteiger partial charge < -0.3 is 0 Å². The molecular formula is C37H21N3S. The molecule has 9 rings (SSSR count). The van der Waals surface area contributed by atoms with Crippen molar-refractivity contribution >= 4 is 75.0 Å². The van der Waals surface area contributed by atoms with Crippen LogP contribution in [0.1, 0.15) is 0 Å². The predicted molar refractivity (Wildman–Crippen MR) is 174 cm³/mol. The van der Waals surface area contributed by atoms with Crippen molar-refractivity contribution in [2.75, 3.05) is 0 Å². The number of hydrogen-bond donors (Lipinski definition) is 0. The second-order valence-corrected chi connectivity index (χ2v) is 11.5. The average molecular weight is 540 g/mol. The number of benzene rings is 5. The molecule has 9 aromatic rings. The summed E-state index contributed by atoms with van der Waals surface area (Å²) in [6, 6.07) is 42.9. The van der Waals surface area contributed by atoms with Crippen LogP contribution in [0.15, 0.2) is 128 Å². The first-order chi connectivity index (χ1) is 20.3. The topological polar surface area (TPSA) is 38.7 Å². The molecule has 4 heterocycles. The van der Waals surface area contributed by atoms with Gasteiger partial charge in [0.2, 0.25) is 0 Å². The van der Waals surface area contributed by atoms with Crippen LogP contribution in [-0.2, 0) is 0 Å². The zero-order chi connectivity index (χ0) is 26.9. The third kappa shape index (κ3) is 3.41. The fourth-order valence-electron chi connectivity index (χ4n) is 6.21. The third-order valence-corrected chi connectivity index (χ3v) is 9.25. The summed E-state index contributed by atoms with van der Waals surface area (Å²) in [4.78, 5) is 15.0. The molecule has 3 nitrogen and oxygen atoms in total. The lowest BCUT2D eigenvalue weighted by molar-refractivity contribution is 1.37. The molecule has 0 unspecified atom stereocenters. The monoisotopic (exact) mass is 539 g/mol. The van der Waals surface area contributed by atoms with Gasteiger partial charge in [-0.25, -0.2) is 9.97 Å². The van der Waals surface area contributed by atoms with Crippen LogP contribution >= 0.6 is 11.3 Å². The van der Waals surface area contributed by atoms with Gasteiger partial charge in [-0.1, -0.05) is 78.9 Å². The number of rotatable bonds is 2. The zero-order valence-electron chi connectivity index (χ0n) is 21.9. The van der Waals surface area contributed by atoms with Crippen LogP contribution in [0.5, 0.6) is 0 Å². The summed E-state index contributed by atoms with van der Waals surface area (Å²) >= 11 is 1.84. The Kier molecular flexibility index (Phi) is 4.77. The van der Waals surface area contributed by atoms with Crippen molar-refractivity contribution in [2.45, 2.75) is 0 Å². The summed E-state index contributed by atoms with van der Waals surface area (Å²) in [6.45, 7) is 0. The van der Waals surface area contributed by atoms with Crippen molar-refractivity contribution in [2.24, 2.45) is 0 Å². The quantitative estimate of drug-likeness (QED) is 0.205. The summed E-state index contributed by atoms with van der Waals surface area (Å²) < 4.78 is 2.61. The van der Waals surface area contributed by atoms with Gasteiger partial charge >= 0.3 is 0 Å². The van der Waals surface area contributed by atoms with Gasteiger partial charge in [0.1, 0.15) is 0 Å². The van der Waals surface area contributed by atoms with Crippen LogP contribution in [0, 0.1) is 0 Å². The van der Waals surface area contributed by atoms with Crippen LogP contribution in [0.3, 0.4) is 0 Å². The number of fused-ring (bicyclic) bond motifs is 9. The van der Waals surface area contributed by atoms with E-state index in [-0.39, 0.29) is 0 Å². The van der Waals surface area contributed by atoms with Gasteiger partial charge in [-0.05, 0) is 53.2 Å². The fourth-order valence-corrected chi connectivity index (χ4v) is 7.33. The first-order valence-electron chi connectivity index (χ1n) is 13.7. The second kappa shape index (κ2) is 8.65. The van der Waals surface area contributed by atoms with E-state index in [9.17, 15) is 0 Å². The minimum atomic E-state index is 0.928. The van der Waals surface area contributed by atoms with E-state index in [1.807, 2.05) is 23.6 Å². The molecule has 0 radical (unpaired) electrons. The molecule has 4 aromatic heterocycles. The lowest BCUT2D eigenvalue weighted by atomic mass is 9.95. The van der Waals surface area contributed by atoms with Crippen molar-refractivity contribution in [3.8, 4) is 22.5 Å². The molecule has 5 aromatic carbocycles. The highest BCUT2D eigenvalue weighted by molar-refractivity contribution is 7.26. The lowest BCUT2D eigenvalue weighted by Gasteiger charge is -2.12. The average Bonchev–Trinajstić information content (AvgIpc) is 3.43. The Bertz CT molecular complexity index is 2490. The highest BCUT2D eigenvalue weighted by Crippen LogP contribution is 2.40. The van der Waals surface area contributed by atoms with Gasteiger partial charge in [-0.2, -0.15) is 0 Å². The minimum absolute atomic E-state index is 0.928. The van der Waals surface area contributed by atoms with Crippen LogP contribution in [0.4, 0.5) is 0 Å². The Morgan fingerprint density at radius 2 is 1.15 bits per heavy atom. The number of hydrogen-bond acceptors (Lipinski definition) is 4. The molecule has 0 spiro atoms. The summed E-state index contributed by atoms with van der Waals surface area (Å²) in [5.74, 6) is 0. The molecular weight excluding hydrogens is 518 g/mol. The molecule has 0 saturated heterocycles. The van der Waals surface area contributed by atoms with Crippen LogP contribution in [0.2, 0.25) is 0 Å². The molecule has 0 fully saturated rings. The highest BCUT2D eigenvalue weighted by atomic mass is 32.1. The maximum Gasteiger partial charge on any atom is 0.0972 e. The first-order valence-corrected chi connectivity index (χ1v) is 14.5. The van der Waals surface area contributed by atoms with Gasteiger partial charge in [-0.3, -0.25) is 4.98 Å². The lowest BCUT2D eigenvalue weighted by Crippen LogP contribution is -1.91. The Morgan fingerprint density at radius 3 is 2.00 bits per heavy atom. The maximum absolute atomic E-state index is 5.19. The molecule has 190 valence electrons. The molecule has 0 atom stereocenters. The van der Waals surface area contributed by atoms with Crippen LogP contribution in [-0.4, -0.2) is 15.0 Å². The number of nitrogens with zero attached hydrogens (tertiary/aromatic N) is 3. The Morgan fingerprint density at radius 1 is 0.439 bits per heavy atom. The van der Waals surface area contributed by atoms with Gasteiger partial charge in [0.15, 0.2) is 0 Å². The van der Waals surface area contributed by atoms with E-state index in [1.54, 1.807) is 0 Å². The number of aromatic nitrogens is 3. The summed E-state index contributed by atoms with van der Waals surface area (Å²) in [7, 11) is 0. The normalized spacial score (nSPS) is 11.9. The van der Waals surface area contributed by atoms with E-state index >= 15 is 0 Å². The molecule has 0 aliphatic heterocycles. The van der Waals surface area contributed by atoms with Crippen molar-refractivity contribution in [3.05, 3.63) is 128 Å². The molecule has 0 amide bonds. The Hall–Kier alpha value is -5.19. The molecule has 4 heteroatoms. The molecule has 0 aliphatic rings. The SMILES string of the molecule is c1cnc2c(c1)ccc1ccc(-c3cccc4c(-c5ccc6c(ccc7sc8ccccc8c76)n5)cccc34)nc12. The van der Waals surface area contributed by atoms with Crippen LogP contribution in [0.25, 0.3) is 86.2 Å². The predicted octanol–water partition coefficient (Wildman–Crippen LogP) is 10.2. The largest absolute Gasteiger partial charge is 0.254 e. The molecule has 41 heavy (non-hydrogen) atoms. The third-order valence-electron chi connectivity index (χ3n) is 8.12. The highest BCUT2D eigenvalue weighted by Gasteiger charge is 2.14. The van der Waals surface area contributed by atoms with Gasteiger partial charge in [0, 0.05) is 53.7 Å². The van der Waals surface area contributed by atoms with Crippen molar-refractivity contribution in [3.63, 3.8) is 0 Å². The Labute approximate surface area is 239 Å². The molecule has 0 aliphatic carbocycles. The van der Waals surface area contributed by atoms with Crippen molar-refractivity contribution < 1.29 is 0 Å². The fraction of sp³-hybridized carbons (Fsp3) is 0. The Balaban J connectivity index is 1.23. The number of pyridine rings is 3. The van der Waals surface area contributed by atoms with Gasteiger partial charge in [-0.15, -0.1) is 11.3 Å². The summed E-state index contributed by atoms with van der Waals surface area (Å²) in [5.41, 5.74) is 7.01. The summed E-state index contributed by atoms with van der Waals surface area (Å²) in [6.07, 6.45) is 1.84. The second-order valence-electron chi connectivity index (χ2n) is 10.4. The van der Waals surface area contributed by atoms with E-state index in [0.29, 0.717) is 0 Å². The van der Waals surface area contributed by atoms with Crippen LogP contribution < -0.4 is 0 Å². The number of thiophene rings is 1. The van der Waals surface area contributed by atoms with Gasteiger partial charge in [0.05, 0.1) is 27.9 Å². The molecule has 0 saturated carbocycles. The van der Waals surface area contributed by atoms with E-state index in [1.165, 1.54) is 25.6 Å². The molecule has 0 N–H and O–H groups in total. The van der Waals surface area contributed by atoms with E-state index < -0.39 is 0 Å². The van der Waals surface area contributed by atoms with E-state index in [0.717, 1.165) is 60.6 Å². The maximum atomic E-state index is 5.19. The summed E-state index contributed by atoms with van der Waals surface area (Å²) in [5, 5.41) is 8.31. The van der Waals surface area contributed by atoms with Gasteiger partial charge in [0.25, 0.3) is 0 Å². The zero-order valence-corrected chi connectivity index (χ0v) is 22.7. The smallest absolute Gasteiger partial charge is 0.0972 e. The van der Waals surface area contributed by atoms with E-state index in [2.05, 4.69) is 120 Å². The van der Waals surface area contributed by atoms with Crippen molar-refractivity contribution in [1.82, 2.24) is 15.0 Å². The first kappa shape index (κ1) is 22.6. The van der Waals surface area contributed by atoms with E-state index in [4.69, 9.17) is 9.97 Å². The minimum Gasteiger partial charge on any atom is -0.254 e.